The van der Waals surface area contributed by atoms with Gasteiger partial charge in [-0.05, 0) is 40.5 Å². The number of H-pyrrole nitrogens is 1. The van der Waals surface area contributed by atoms with Crippen molar-refractivity contribution in [3.8, 4) is 0 Å². The second-order valence-electron chi connectivity index (χ2n) is 4.29. The summed E-state index contributed by atoms with van der Waals surface area (Å²) < 4.78 is 27.7. The zero-order chi connectivity index (χ0) is 14.8. The fraction of sp³-hybridized carbons (Fsp3) is 0.250. The van der Waals surface area contributed by atoms with E-state index in [1.807, 2.05) is 0 Å². The van der Waals surface area contributed by atoms with Crippen LogP contribution in [0, 0.1) is 0 Å². The first-order chi connectivity index (χ1) is 9.44. The predicted octanol–water partition coefficient (Wildman–Crippen LogP) is 1.67. The minimum absolute atomic E-state index is 0.174. The van der Waals surface area contributed by atoms with Crippen molar-refractivity contribution < 1.29 is 8.42 Å². The van der Waals surface area contributed by atoms with Crippen LogP contribution < -0.4 is 10.5 Å². The highest BCUT2D eigenvalue weighted by atomic mass is 79.9. The lowest BCUT2D eigenvalue weighted by atomic mass is 10.2. The molecule has 0 aliphatic carbocycles. The summed E-state index contributed by atoms with van der Waals surface area (Å²) in [5, 5.41) is 0. The van der Waals surface area contributed by atoms with Crippen LogP contribution in [-0.4, -0.2) is 18.4 Å². The maximum atomic E-state index is 12.3. The summed E-state index contributed by atoms with van der Waals surface area (Å²) >= 11 is 3.26. The molecule has 6 nitrogen and oxygen atoms in total. The molecule has 8 heteroatoms. The Bertz CT molecular complexity index is 685. The summed E-state index contributed by atoms with van der Waals surface area (Å²) in [6.07, 6.45) is 3.22. The number of nitrogens with zero attached hydrogens (tertiary/aromatic N) is 1. The van der Waals surface area contributed by atoms with Crippen LogP contribution in [0.4, 0.5) is 0 Å². The summed E-state index contributed by atoms with van der Waals surface area (Å²) in [5.41, 5.74) is 6.38. The molecular weight excluding hydrogens is 344 g/mol. The van der Waals surface area contributed by atoms with E-state index in [4.69, 9.17) is 5.73 Å². The molecule has 1 aromatic carbocycles. The number of nitrogens with one attached hydrogen (secondary N) is 2. The number of hydrogen-bond acceptors (Lipinski definition) is 4. The van der Waals surface area contributed by atoms with Crippen molar-refractivity contribution in [2.45, 2.75) is 24.4 Å². The number of nitrogens with two attached hydrogens (primary N) is 1. The number of benzene rings is 1. The van der Waals surface area contributed by atoms with Gasteiger partial charge in [0.25, 0.3) is 0 Å². The Morgan fingerprint density at radius 3 is 2.80 bits per heavy atom. The molecule has 1 atom stereocenters. The van der Waals surface area contributed by atoms with Crippen molar-refractivity contribution in [1.82, 2.24) is 14.7 Å². The highest BCUT2D eigenvalue weighted by Crippen LogP contribution is 2.24. The molecule has 108 valence electrons. The van der Waals surface area contributed by atoms with Gasteiger partial charge >= 0.3 is 0 Å². The monoisotopic (exact) mass is 358 g/mol. The third kappa shape index (κ3) is 3.26. The maximum absolute atomic E-state index is 12.3. The van der Waals surface area contributed by atoms with Crippen LogP contribution in [0.2, 0.25) is 0 Å². The van der Waals surface area contributed by atoms with Crippen molar-refractivity contribution in [1.29, 1.82) is 0 Å². The topological polar surface area (TPSA) is 101 Å². The van der Waals surface area contributed by atoms with Crippen LogP contribution in [0.1, 0.15) is 24.4 Å². The van der Waals surface area contributed by atoms with E-state index in [0.717, 1.165) is 5.56 Å². The fourth-order valence-electron chi connectivity index (χ4n) is 1.76. The zero-order valence-corrected chi connectivity index (χ0v) is 13.2. The Labute approximate surface area is 126 Å². The summed E-state index contributed by atoms with van der Waals surface area (Å²) in [5.74, 6) is 0.559. The van der Waals surface area contributed by atoms with Crippen LogP contribution in [0.15, 0.2) is 40.0 Å². The highest BCUT2D eigenvalue weighted by molar-refractivity contribution is 9.10. The number of sulfonamides is 1. The van der Waals surface area contributed by atoms with Crippen LogP contribution >= 0.6 is 15.9 Å². The van der Waals surface area contributed by atoms with E-state index in [1.54, 1.807) is 31.5 Å². The predicted molar refractivity (Wildman–Crippen MR) is 79.4 cm³/mol. The molecule has 0 spiro atoms. The van der Waals surface area contributed by atoms with Crippen LogP contribution in [0.25, 0.3) is 0 Å². The average molecular weight is 359 g/mol. The van der Waals surface area contributed by atoms with Gasteiger partial charge in [0.1, 0.15) is 5.82 Å². The number of imidazole rings is 1. The normalized spacial score (nSPS) is 13.3. The van der Waals surface area contributed by atoms with Gasteiger partial charge in [0.2, 0.25) is 10.0 Å². The van der Waals surface area contributed by atoms with E-state index < -0.39 is 16.1 Å². The zero-order valence-electron chi connectivity index (χ0n) is 10.8. The molecule has 2 rings (SSSR count). The quantitative estimate of drug-likeness (QED) is 0.756. The second kappa shape index (κ2) is 6.04. The van der Waals surface area contributed by atoms with Crippen molar-refractivity contribution >= 4 is 26.0 Å². The Hall–Kier alpha value is -1.22. The number of halogens is 1. The number of aromatic nitrogens is 2. The number of hydrogen-bond donors (Lipinski definition) is 3. The lowest BCUT2D eigenvalue weighted by Gasteiger charge is -2.13. The molecule has 4 N–H and O–H groups in total. The molecule has 20 heavy (non-hydrogen) atoms. The number of rotatable bonds is 5. The molecule has 1 unspecified atom stereocenters. The summed E-state index contributed by atoms with van der Waals surface area (Å²) in [6, 6.07) is 4.48. The van der Waals surface area contributed by atoms with Gasteiger partial charge in [-0.15, -0.1) is 0 Å². The molecule has 0 aliphatic rings. The van der Waals surface area contributed by atoms with Gasteiger partial charge < -0.3 is 10.7 Å². The first-order valence-corrected chi connectivity index (χ1v) is 8.22. The molecule has 0 saturated carbocycles. The van der Waals surface area contributed by atoms with E-state index in [0.29, 0.717) is 16.8 Å². The van der Waals surface area contributed by atoms with Crippen molar-refractivity contribution in [2.75, 3.05) is 0 Å². The smallest absolute Gasteiger partial charge is 0.242 e. The molecule has 0 aliphatic heterocycles. The Morgan fingerprint density at radius 1 is 1.50 bits per heavy atom. The molecule has 1 aromatic heterocycles. The Balaban J connectivity index is 2.27. The molecule has 2 aromatic rings. The van der Waals surface area contributed by atoms with Crippen LogP contribution in [0.5, 0.6) is 0 Å². The summed E-state index contributed by atoms with van der Waals surface area (Å²) in [7, 11) is -3.64. The van der Waals surface area contributed by atoms with Gasteiger partial charge in [-0.1, -0.05) is 6.07 Å². The SMILES string of the molecule is CC(NS(=O)(=O)c1ccc(CN)cc1Br)c1ncc[nH]1. The van der Waals surface area contributed by atoms with Crippen LogP contribution in [0.3, 0.4) is 0 Å². The van der Waals surface area contributed by atoms with E-state index in [1.165, 1.54) is 6.07 Å². The molecule has 0 radical (unpaired) electrons. The van der Waals surface area contributed by atoms with Gasteiger partial charge in [0.15, 0.2) is 0 Å². The molecule has 0 saturated heterocycles. The minimum atomic E-state index is -3.64. The van der Waals surface area contributed by atoms with E-state index >= 15 is 0 Å². The second-order valence-corrected chi connectivity index (χ2v) is 6.82. The lowest BCUT2D eigenvalue weighted by Crippen LogP contribution is -2.28. The van der Waals surface area contributed by atoms with Gasteiger partial charge in [-0.3, -0.25) is 0 Å². The Kier molecular flexibility index (Phi) is 4.59. The molecule has 0 bridgehead atoms. The van der Waals surface area contributed by atoms with E-state index in [-0.39, 0.29) is 4.90 Å². The van der Waals surface area contributed by atoms with E-state index in [9.17, 15) is 8.42 Å². The fourth-order valence-corrected chi connectivity index (χ4v) is 4.09. The van der Waals surface area contributed by atoms with Crippen molar-refractivity contribution in [3.05, 3.63) is 46.5 Å². The van der Waals surface area contributed by atoms with Crippen molar-refractivity contribution in [2.24, 2.45) is 5.73 Å². The molecule has 0 amide bonds. The standard InChI is InChI=1S/C12H15BrN4O2S/c1-8(12-15-4-5-16-12)17-20(18,19)11-3-2-9(7-14)6-10(11)13/h2-6,8,17H,7,14H2,1H3,(H,15,16). The molecule has 1 heterocycles. The average Bonchev–Trinajstić information content (AvgIpc) is 2.91. The largest absolute Gasteiger partial charge is 0.347 e. The summed E-state index contributed by atoms with van der Waals surface area (Å²) in [4.78, 5) is 7.08. The summed E-state index contributed by atoms with van der Waals surface area (Å²) in [6.45, 7) is 2.08. The Morgan fingerprint density at radius 2 is 2.25 bits per heavy atom. The van der Waals surface area contributed by atoms with Gasteiger partial charge in [0, 0.05) is 23.4 Å². The third-order valence-electron chi connectivity index (χ3n) is 2.78. The van der Waals surface area contributed by atoms with E-state index in [2.05, 4.69) is 30.6 Å². The van der Waals surface area contributed by atoms with Gasteiger partial charge in [0.05, 0.1) is 10.9 Å². The minimum Gasteiger partial charge on any atom is -0.347 e. The number of aromatic amines is 1. The maximum Gasteiger partial charge on any atom is 0.242 e. The van der Waals surface area contributed by atoms with Crippen molar-refractivity contribution in [3.63, 3.8) is 0 Å². The highest BCUT2D eigenvalue weighted by Gasteiger charge is 2.22. The molecule has 0 fully saturated rings. The van der Waals surface area contributed by atoms with Crippen LogP contribution in [-0.2, 0) is 16.6 Å². The lowest BCUT2D eigenvalue weighted by molar-refractivity contribution is 0.560. The first-order valence-electron chi connectivity index (χ1n) is 5.94. The first kappa shape index (κ1) is 15.2. The third-order valence-corrected chi connectivity index (χ3v) is 5.30. The molecular formula is C12H15BrN4O2S. The van der Waals surface area contributed by atoms with Gasteiger partial charge in [-0.25, -0.2) is 18.1 Å². The van der Waals surface area contributed by atoms with Gasteiger partial charge in [-0.2, -0.15) is 0 Å².